The second-order valence-corrected chi connectivity index (χ2v) is 6.84. The first-order valence-corrected chi connectivity index (χ1v) is 9.34. The van der Waals surface area contributed by atoms with Gasteiger partial charge < -0.3 is 14.8 Å². The van der Waals surface area contributed by atoms with Crippen LogP contribution in [-0.2, 0) is 10.5 Å². The lowest BCUT2D eigenvalue weighted by Crippen LogP contribution is -2.14. The van der Waals surface area contributed by atoms with Gasteiger partial charge in [0.1, 0.15) is 0 Å². The Kier molecular flexibility index (Phi) is 4.62. The molecule has 0 atom stereocenters. The first-order valence-electron chi connectivity index (χ1n) is 8.18. The van der Waals surface area contributed by atoms with Crippen LogP contribution in [0.3, 0.4) is 0 Å². The summed E-state index contributed by atoms with van der Waals surface area (Å²) in [6.45, 7) is 2.16. The van der Waals surface area contributed by atoms with Crippen LogP contribution >= 0.6 is 11.8 Å². The number of anilines is 1. The molecule has 1 aromatic heterocycles. The van der Waals surface area contributed by atoms with Gasteiger partial charge >= 0.3 is 0 Å². The maximum absolute atomic E-state index is 12.2. The van der Waals surface area contributed by atoms with E-state index < -0.39 is 0 Å². The summed E-state index contributed by atoms with van der Waals surface area (Å²) in [6.07, 6.45) is 0. The van der Waals surface area contributed by atoms with Crippen molar-refractivity contribution in [2.24, 2.45) is 0 Å². The number of nitrogens with one attached hydrogen (secondary N) is 1. The smallest absolute Gasteiger partial charge is 0.234 e. The molecule has 0 radical (unpaired) electrons. The molecule has 4 rings (SSSR count). The van der Waals surface area contributed by atoms with Crippen LogP contribution < -0.4 is 14.8 Å². The standard InChI is InChI=1S/C19H17N3O3S/c1-12-16(22-15-5-3-2-4-14(15)20-12)9-26-10-19(23)21-13-6-7-17-18(8-13)25-11-24-17/h2-8H,9-11H2,1H3,(H,21,23). The van der Waals surface area contributed by atoms with Crippen molar-refractivity contribution < 1.29 is 14.3 Å². The zero-order valence-electron chi connectivity index (χ0n) is 14.2. The molecular formula is C19H17N3O3S. The Bertz CT molecular complexity index is 977. The molecule has 7 heteroatoms. The lowest BCUT2D eigenvalue weighted by molar-refractivity contribution is -0.113. The van der Waals surface area contributed by atoms with Crippen LogP contribution in [0.15, 0.2) is 42.5 Å². The van der Waals surface area contributed by atoms with E-state index >= 15 is 0 Å². The molecule has 0 fully saturated rings. The molecule has 0 unspecified atom stereocenters. The third kappa shape index (κ3) is 3.57. The molecule has 3 aromatic rings. The summed E-state index contributed by atoms with van der Waals surface area (Å²) >= 11 is 1.51. The maximum atomic E-state index is 12.2. The predicted molar refractivity (Wildman–Crippen MR) is 102 cm³/mol. The van der Waals surface area contributed by atoms with Crippen LogP contribution in [0.5, 0.6) is 11.5 Å². The zero-order chi connectivity index (χ0) is 17.9. The van der Waals surface area contributed by atoms with Crippen LogP contribution in [0.2, 0.25) is 0 Å². The average molecular weight is 367 g/mol. The van der Waals surface area contributed by atoms with Crippen molar-refractivity contribution in [2.45, 2.75) is 12.7 Å². The topological polar surface area (TPSA) is 73.3 Å². The summed E-state index contributed by atoms with van der Waals surface area (Å²) in [4.78, 5) is 21.4. The Hall–Kier alpha value is -2.80. The highest BCUT2D eigenvalue weighted by Crippen LogP contribution is 2.34. The van der Waals surface area contributed by atoms with E-state index in [1.165, 1.54) is 11.8 Å². The summed E-state index contributed by atoms with van der Waals surface area (Å²) in [5.41, 5.74) is 4.26. The molecule has 1 aliphatic rings. The highest BCUT2D eigenvalue weighted by atomic mass is 32.2. The summed E-state index contributed by atoms with van der Waals surface area (Å²) in [5.74, 6) is 2.25. The highest BCUT2D eigenvalue weighted by molar-refractivity contribution is 7.99. The van der Waals surface area contributed by atoms with Crippen LogP contribution in [0.25, 0.3) is 11.0 Å². The molecule has 0 saturated heterocycles. The van der Waals surface area contributed by atoms with Crippen molar-refractivity contribution in [3.8, 4) is 11.5 Å². The van der Waals surface area contributed by atoms with Crippen LogP contribution in [0, 0.1) is 6.92 Å². The predicted octanol–water partition coefficient (Wildman–Crippen LogP) is 3.54. The lowest BCUT2D eigenvalue weighted by atomic mass is 10.2. The first-order chi connectivity index (χ1) is 12.7. The van der Waals surface area contributed by atoms with Crippen molar-refractivity contribution in [1.29, 1.82) is 0 Å². The SMILES string of the molecule is Cc1nc2ccccc2nc1CSCC(=O)Nc1ccc2c(c1)OCO2. The second kappa shape index (κ2) is 7.21. The van der Waals surface area contributed by atoms with E-state index in [2.05, 4.69) is 15.3 Å². The van der Waals surface area contributed by atoms with E-state index in [-0.39, 0.29) is 12.7 Å². The minimum Gasteiger partial charge on any atom is -0.454 e. The number of aryl methyl sites for hydroxylation is 1. The Morgan fingerprint density at radius 2 is 1.88 bits per heavy atom. The molecule has 1 aliphatic heterocycles. The van der Waals surface area contributed by atoms with Crippen molar-refractivity contribution in [2.75, 3.05) is 17.9 Å². The first kappa shape index (κ1) is 16.7. The van der Waals surface area contributed by atoms with Gasteiger partial charge in [0.25, 0.3) is 0 Å². The number of carbonyl (C=O) groups is 1. The summed E-state index contributed by atoms with van der Waals surface area (Å²) in [6, 6.07) is 13.2. The van der Waals surface area contributed by atoms with Gasteiger partial charge in [-0.25, -0.2) is 9.97 Å². The van der Waals surface area contributed by atoms with Gasteiger partial charge in [-0.2, -0.15) is 0 Å². The minimum absolute atomic E-state index is 0.0692. The molecule has 26 heavy (non-hydrogen) atoms. The molecular weight excluding hydrogens is 350 g/mol. The number of hydrogen-bond donors (Lipinski definition) is 1. The van der Waals surface area contributed by atoms with Gasteiger partial charge in [-0.1, -0.05) is 12.1 Å². The van der Waals surface area contributed by atoms with E-state index in [1.807, 2.05) is 31.2 Å². The number of aromatic nitrogens is 2. The Labute approximate surface area is 154 Å². The van der Waals surface area contributed by atoms with Gasteiger partial charge in [-0.15, -0.1) is 11.8 Å². The minimum atomic E-state index is -0.0692. The van der Waals surface area contributed by atoms with Crippen molar-refractivity contribution in [1.82, 2.24) is 9.97 Å². The largest absolute Gasteiger partial charge is 0.454 e. The second-order valence-electron chi connectivity index (χ2n) is 5.85. The Morgan fingerprint density at radius 1 is 1.12 bits per heavy atom. The summed E-state index contributed by atoms with van der Waals surface area (Å²) < 4.78 is 10.6. The van der Waals surface area contributed by atoms with E-state index in [4.69, 9.17) is 9.47 Å². The molecule has 6 nitrogen and oxygen atoms in total. The quantitative estimate of drug-likeness (QED) is 0.744. The third-order valence-corrected chi connectivity index (χ3v) is 4.92. The fourth-order valence-corrected chi connectivity index (χ4v) is 3.50. The molecule has 2 heterocycles. The van der Waals surface area contributed by atoms with Crippen LogP contribution in [0.1, 0.15) is 11.4 Å². The number of thioether (sulfide) groups is 1. The number of rotatable bonds is 5. The summed E-state index contributed by atoms with van der Waals surface area (Å²) in [7, 11) is 0. The lowest BCUT2D eigenvalue weighted by Gasteiger charge is -2.08. The van der Waals surface area contributed by atoms with Gasteiger partial charge in [0.05, 0.1) is 28.2 Å². The third-order valence-electron chi connectivity index (χ3n) is 3.97. The van der Waals surface area contributed by atoms with Gasteiger partial charge in [-0.3, -0.25) is 4.79 Å². The molecule has 132 valence electrons. The Balaban J connectivity index is 1.34. The van der Waals surface area contributed by atoms with Crippen molar-refractivity contribution >= 4 is 34.4 Å². The van der Waals surface area contributed by atoms with Crippen LogP contribution in [0.4, 0.5) is 5.69 Å². The van der Waals surface area contributed by atoms with E-state index in [1.54, 1.807) is 18.2 Å². The average Bonchev–Trinajstić information content (AvgIpc) is 3.10. The number of amides is 1. The van der Waals surface area contributed by atoms with E-state index in [0.29, 0.717) is 28.7 Å². The van der Waals surface area contributed by atoms with E-state index in [9.17, 15) is 4.79 Å². The Morgan fingerprint density at radius 3 is 2.73 bits per heavy atom. The fourth-order valence-electron chi connectivity index (χ4n) is 2.67. The molecule has 2 aromatic carbocycles. The molecule has 0 spiro atoms. The highest BCUT2D eigenvalue weighted by Gasteiger charge is 2.14. The molecule has 1 N–H and O–H groups in total. The normalized spacial score (nSPS) is 12.3. The number of nitrogens with zero attached hydrogens (tertiary/aromatic N) is 2. The van der Waals surface area contributed by atoms with Crippen molar-refractivity contribution in [3.05, 3.63) is 53.9 Å². The molecule has 0 saturated carbocycles. The van der Waals surface area contributed by atoms with Gasteiger partial charge in [0.2, 0.25) is 12.7 Å². The summed E-state index contributed by atoms with van der Waals surface area (Å²) in [5, 5.41) is 2.87. The number of fused-ring (bicyclic) bond motifs is 2. The maximum Gasteiger partial charge on any atom is 0.234 e. The van der Waals surface area contributed by atoms with Gasteiger partial charge in [0.15, 0.2) is 11.5 Å². The number of carbonyl (C=O) groups excluding carboxylic acids is 1. The number of benzene rings is 2. The number of para-hydroxylation sites is 2. The monoisotopic (exact) mass is 367 g/mol. The molecule has 1 amide bonds. The molecule has 0 bridgehead atoms. The number of hydrogen-bond acceptors (Lipinski definition) is 6. The van der Waals surface area contributed by atoms with E-state index in [0.717, 1.165) is 22.4 Å². The van der Waals surface area contributed by atoms with Gasteiger partial charge in [-0.05, 0) is 31.2 Å². The van der Waals surface area contributed by atoms with Crippen LogP contribution in [-0.4, -0.2) is 28.4 Å². The molecule has 0 aliphatic carbocycles. The number of ether oxygens (including phenoxy) is 2. The fraction of sp³-hybridized carbons (Fsp3) is 0.211. The van der Waals surface area contributed by atoms with Gasteiger partial charge in [0, 0.05) is 17.5 Å². The zero-order valence-corrected chi connectivity index (χ0v) is 15.0. The van der Waals surface area contributed by atoms with Crippen molar-refractivity contribution in [3.63, 3.8) is 0 Å².